The van der Waals surface area contributed by atoms with E-state index < -0.39 is 0 Å². The zero-order valence-corrected chi connectivity index (χ0v) is 4.52. The van der Waals surface area contributed by atoms with E-state index in [1.54, 1.807) is 0 Å². The van der Waals surface area contributed by atoms with Gasteiger partial charge in [-0.2, -0.15) is 0 Å². The number of rotatable bonds is 0. The highest BCUT2D eigenvalue weighted by Crippen LogP contribution is 1.85. The van der Waals surface area contributed by atoms with E-state index in [1.165, 1.54) is 0 Å². The highest BCUT2D eigenvalue weighted by molar-refractivity contribution is 4.83. The lowest BCUT2D eigenvalue weighted by Gasteiger charge is -2.17. The molecule has 40 valence electrons. The van der Waals surface area contributed by atoms with Crippen molar-refractivity contribution in [2.75, 3.05) is 20.1 Å². The van der Waals surface area contributed by atoms with Crippen LogP contribution in [0.3, 0.4) is 0 Å². The summed E-state index contributed by atoms with van der Waals surface area (Å²) in [5.74, 6) is 0. The van der Waals surface area contributed by atoms with Crippen molar-refractivity contribution in [1.82, 2.24) is 10.2 Å². The normalized spacial score (nSPS) is 19.3. The van der Waals surface area contributed by atoms with Gasteiger partial charge < -0.3 is 10.2 Å². The molecule has 2 nitrogen and oxygen atoms in total. The van der Waals surface area contributed by atoms with Crippen LogP contribution < -0.4 is 5.32 Å². The van der Waals surface area contributed by atoms with Crippen LogP contribution in [-0.4, -0.2) is 25.0 Å². The van der Waals surface area contributed by atoms with E-state index in [0.29, 0.717) is 0 Å². The maximum absolute atomic E-state index is 3.09. The van der Waals surface area contributed by atoms with Crippen molar-refractivity contribution in [1.29, 1.82) is 0 Å². The van der Waals surface area contributed by atoms with Crippen molar-refractivity contribution in [3.05, 3.63) is 12.4 Å². The van der Waals surface area contributed by atoms with Crippen molar-refractivity contribution in [3.63, 3.8) is 0 Å². The Bertz CT molecular complexity index is 78.1. The lowest BCUT2D eigenvalue weighted by atomic mass is 10.5. The molecule has 0 amide bonds. The third-order valence-electron chi connectivity index (χ3n) is 1.06. The number of nitrogens with zero attached hydrogens (tertiary/aromatic N) is 1. The van der Waals surface area contributed by atoms with Crippen LogP contribution in [0.2, 0.25) is 0 Å². The van der Waals surface area contributed by atoms with Crippen LogP contribution in [0.5, 0.6) is 0 Å². The largest absolute Gasteiger partial charge is 0.388 e. The van der Waals surface area contributed by atoms with E-state index in [-0.39, 0.29) is 0 Å². The molecule has 0 atom stereocenters. The molecule has 1 heterocycles. The molecule has 7 heavy (non-hydrogen) atoms. The van der Waals surface area contributed by atoms with Crippen molar-refractivity contribution < 1.29 is 0 Å². The number of hydrogen-bond acceptors (Lipinski definition) is 2. The van der Waals surface area contributed by atoms with Crippen LogP contribution in [0.25, 0.3) is 0 Å². The fourth-order valence-corrected chi connectivity index (χ4v) is 0.579. The minimum Gasteiger partial charge on any atom is -0.388 e. The Labute approximate surface area is 43.8 Å². The van der Waals surface area contributed by atoms with E-state index in [1.807, 2.05) is 12.4 Å². The number of likely N-dealkylation sites (N-methyl/N-ethyl adjacent to an activating group) is 1. The van der Waals surface area contributed by atoms with Crippen molar-refractivity contribution >= 4 is 0 Å². The van der Waals surface area contributed by atoms with Gasteiger partial charge in [0.2, 0.25) is 0 Å². The van der Waals surface area contributed by atoms with Gasteiger partial charge in [-0.25, -0.2) is 0 Å². The molecular formula is C5H10N2. The van der Waals surface area contributed by atoms with Gasteiger partial charge in [0.1, 0.15) is 0 Å². The molecule has 1 aliphatic heterocycles. The molecule has 2 heteroatoms. The van der Waals surface area contributed by atoms with Gasteiger partial charge in [0, 0.05) is 32.5 Å². The Morgan fingerprint density at radius 1 is 1.71 bits per heavy atom. The molecule has 0 radical (unpaired) electrons. The van der Waals surface area contributed by atoms with Gasteiger partial charge >= 0.3 is 0 Å². The predicted molar refractivity (Wildman–Crippen MR) is 29.8 cm³/mol. The fourth-order valence-electron chi connectivity index (χ4n) is 0.579. The van der Waals surface area contributed by atoms with E-state index >= 15 is 0 Å². The second-order valence-electron chi connectivity index (χ2n) is 1.75. The van der Waals surface area contributed by atoms with E-state index in [9.17, 15) is 0 Å². The minimum atomic E-state index is 1.08. The van der Waals surface area contributed by atoms with Crippen LogP contribution in [0, 0.1) is 0 Å². The molecule has 0 bridgehead atoms. The number of nitrogens with one attached hydrogen (secondary N) is 1. The maximum atomic E-state index is 3.09. The first kappa shape index (κ1) is 4.50. The molecule has 0 aromatic rings. The molecule has 0 aromatic carbocycles. The average molecular weight is 98.1 g/mol. The standard InChI is InChI=1S/C5H10N2/c1-7-4-2-6-3-5-7/h2,4,6H,3,5H2,1H3. The van der Waals surface area contributed by atoms with Gasteiger partial charge in [-0.05, 0) is 0 Å². The second kappa shape index (κ2) is 1.87. The highest BCUT2D eigenvalue weighted by Gasteiger charge is 1.92. The number of hydrogen-bond donors (Lipinski definition) is 1. The van der Waals surface area contributed by atoms with Gasteiger partial charge in [-0.3, -0.25) is 0 Å². The predicted octanol–water partition coefficient (Wildman–Crippen LogP) is -0.00740. The zero-order valence-electron chi connectivity index (χ0n) is 4.52. The lowest BCUT2D eigenvalue weighted by molar-refractivity contribution is 0.431. The quantitative estimate of drug-likeness (QED) is 0.458. The van der Waals surface area contributed by atoms with Gasteiger partial charge in [0.05, 0.1) is 0 Å². The molecule has 0 aromatic heterocycles. The molecule has 1 N–H and O–H groups in total. The van der Waals surface area contributed by atoms with Gasteiger partial charge in [0.25, 0.3) is 0 Å². The first-order valence-corrected chi connectivity index (χ1v) is 2.50. The third kappa shape index (κ3) is 1.11. The Hall–Kier alpha value is -0.660. The summed E-state index contributed by atoms with van der Waals surface area (Å²) in [6.45, 7) is 2.20. The van der Waals surface area contributed by atoms with Gasteiger partial charge in [-0.1, -0.05) is 0 Å². The molecule has 0 saturated carbocycles. The molecule has 0 unspecified atom stereocenters. The van der Waals surface area contributed by atoms with Crippen molar-refractivity contribution in [3.8, 4) is 0 Å². The van der Waals surface area contributed by atoms with E-state index in [4.69, 9.17) is 0 Å². The summed E-state index contributed by atoms with van der Waals surface area (Å²) in [7, 11) is 2.07. The topological polar surface area (TPSA) is 15.3 Å². The molecule has 0 aliphatic carbocycles. The van der Waals surface area contributed by atoms with Crippen LogP contribution in [0.15, 0.2) is 12.4 Å². The molecule has 0 spiro atoms. The maximum Gasteiger partial charge on any atom is 0.0343 e. The first-order chi connectivity index (χ1) is 3.39. The Morgan fingerprint density at radius 2 is 2.57 bits per heavy atom. The summed E-state index contributed by atoms with van der Waals surface area (Å²) < 4.78 is 0. The van der Waals surface area contributed by atoms with Crippen molar-refractivity contribution in [2.24, 2.45) is 0 Å². The molecule has 1 aliphatic rings. The smallest absolute Gasteiger partial charge is 0.0343 e. The summed E-state index contributed by atoms with van der Waals surface area (Å²) in [4.78, 5) is 2.15. The van der Waals surface area contributed by atoms with Gasteiger partial charge in [-0.15, -0.1) is 0 Å². The SMILES string of the molecule is CN1C=CNCC1. The first-order valence-electron chi connectivity index (χ1n) is 2.50. The molecular weight excluding hydrogens is 88.1 g/mol. The average Bonchev–Trinajstić information content (AvgIpc) is 1.69. The third-order valence-corrected chi connectivity index (χ3v) is 1.06. The highest BCUT2D eigenvalue weighted by atomic mass is 15.1. The van der Waals surface area contributed by atoms with Crippen LogP contribution in [0.4, 0.5) is 0 Å². The summed E-state index contributed by atoms with van der Waals surface area (Å²) in [6.07, 6.45) is 3.99. The second-order valence-corrected chi connectivity index (χ2v) is 1.75. The summed E-state index contributed by atoms with van der Waals surface area (Å²) in [6, 6.07) is 0. The van der Waals surface area contributed by atoms with Crippen LogP contribution in [-0.2, 0) is 0 Å². The summed E-state index contributed by atoms with van der Waals surface area (Å²) in [5.41, 5.74) is 0. The fraction of sp³-hybridized carbons (Fsp3) is 0.600. The van der Waals surface area contributed by atoms with Crippen LogP contribution >= 0.6 is 0 Å². The van der Waals surface area contributed by atoms with Gasteiger partial charge in [0.15, 0.2) is 0 Å². The summed E-state index contributed by atoms with van der Waals surface area (Å²) >= 11 is 0. The molecule has 0 fully saturated rings. The van der Waals surface area contributed by atoms with E-state index in [0.717, 1.165) is 13.1 Å². The Balaban J connectivity index is 2.36. The zero-order chi connectivity index (χ0) is 5.11. The van der Waals surface area contributed by atoms with Crippen LogP contribution in [0.1, 0.15) is 0 Å². The monoisotopic (exact) mass is 98.1 g/mol. The molecule has 0 saturated heterocycles. The summed E-state index contributed by atoms with van der Waals surface area (Å²) in [5, 5.41) is 3.09. The molecule has 1 rings (SSSR count). The van der Waals surface area contributed by atoms with E-state index in [2.05, 4.69) is 17.3 Å². The Kier molecular flexibility index (Phi) is 1.20. The lowest BCUT2D eigenvalue weighted by Crippen LogP contribution is -2.27. The minimum absolute atomic E-state index is 1.08. The van der Waals surface area contributed by atoms with Crippen molar-refractivity contribution in [2.45, 2.75) is 0 Å². The Morgan fingerprint density at radius 3 is 2.86 bits per heavy atom.